The Hall–Kier alpha value is -3.85. The highest BCUT2D eigenvalue weighted by Gasteiger charge is 2.35. The van der Waals surface area contributed by atoms with Crippen LogP contribution in [0.4, 0.5) is 28.5 Å². The molecule has 224 valence electrons. The van der Waals surface area contributed by atoms with Gasteiger partial charge >= 0.3 is 12.1 Å². The Labute approximate surface area is 242 Å². The van der Waals surface area contributed by atoms with E-state index in [4.69, 9.17) is 4.74 Å². The molecule has 2 aliphatic rings. The number of ether oxygens (including phenoxy) is 1. The number of anilines is 2. The molecule has 0 radical (unpaired) electrons. The van der Waals surface area contributed by atoms with Gasteiger partial charge in [0.05, 0.1) is 36.7 Å². The van der Waals surface area contributed by atoms with Gasteiger partial charge in [0.25, 0.3) is 5.91 Å². The number of nitrogens with zero attached hydrogens (tertiary/aromatic N) is 5. The van der Waals surface area contributed by atoms with Gasteiger partial charge in [0.1, 0.15) is 23.4 Å². The van der Waals surface area contributed by atoms with Gasteiger partial charge in [0, 0.05) is 43.2 Å². The highest BCUT2D eigenvalue weighted by molar-refractivity contribution is 7.16. The number of rotatable bonds is 8. The van der Waals surface area contributed by atoms with Crippen LogP contribution in [0, 0.1) is 5.92 Å². The van der Waals surface area contributed by atoms with Crippen LogP contribution in [0.15, 0.2) is 30.6 Å². The minimum atomic E-state index is -4.66. The van der Waals surface area contributed by atoms with Crippen LogP contribution in [-0.4, -0.2) is 76.3 Å². The Bertz CT molecular complexity index is 1440. The quantitative estimate of drug-likeness (QED) is 0.350. The van der Waals surface area contributed by atoms with Crippen LogP contribution >= 0.6 is 11.3 Å². The summed E-state index contributed by atoms with van der Waals surface area (Å²) in [6.45, 7) is 1.95. The van der Waals surface area contributed by atoms with Crippen molar-refractivity contribution in [1.82, 2.24) is 19.9 Å². The molecular weight excluding hydrogens is 580 g/mol. The predicted molar refractivity (Wildman–Crippen MR) is 146 cm³/mol. The van der Waals surface area contributed by atoms with Crippen molar-refractivity contribution in [3.63, 3.8) is 0 Å². The second-order valence-corrected chi connectivity index (χ2v) is 11.2. The van der Waals surface area contributed by atoms with Crippen LogP contribution in [0.3, 0.4) is 0 Å². The standard InChI is InChI=1S/C27H28F4N6O4S/c1-41-20-3-2-16(10-18(20)27(29,30)31)23-21(14-36-7-6-17(28)13-36)42-26(34-23)35-24(38)19-11-33-22(12-32-19)37-8-4-15(5-9-37)25(39)40/h2-3,10-12,15,17H,4-9,13-14H2,1H3,(H,39,40)(H,34,35,38)/t17-/m1/s1. The van der Waals surface area contributed by atoms with E-state index in [0.717, 1.165) is 24.5 Å². The normalized spacial score (nSPS) is 18.3. The van der Waals surface area contributed by atoms with Gasteiger partial charge in [-0.2, -0.15) is 13.2 Å². The number of thiazole rings is 1. The predicted octanol–water partition coefficient (Wildman–Crippen LogP) is 4.72. The summed E-state index contributed by atoms with van der Waals surface area (Å²) in [5, 5.41) is 12.0. The average molecular weight is 609 g/mol. The van der Waals surface area contributed by atoms with E-state index in [1.807, 2.05) is 9.80 Å². The number of halogens is 4. The Kier molecular flexibility index (Phi) is 8.59. The van der Waals surface area contributed by atoms with Gasteiger partial charge in [0.15, 0.2) is 5.13 Å². The molecule has 0 saturated carbocycles. The minimum absolute atomic E-state index is 0.00101. The fraction of sp³-hybridized carbons (Fsp3) is 0.444. The first kappa shape index (κ1) is 29.6. The number of methoxy groups -OCH3 is 1. The number of carbonyl (C=O) groups excluding carboxylic acids is 1. The Morgan fingerprint density at radius 2 is 1.90 bits per heavy atom. The van der Waals surface area contributed by atoms with Crippen molar-refractivity contribution in [3.8, 4) is 17.0 Å². The van der Waals surface area contributed by atoms with Crippen molar-refractivity contribution >= 4 is 34.2 Å². The number of carbonyl (C=O) groups is 2. The summed E-state index contributed by atoms with van der Waals surface area (Å²) in [7, 11) is 1.16. The summed E-state index contributed by atoms with van der Waals surface area (Å²) in [4.78, 5) is 41.5. The van der Waals surface area contributed by atoms with Crippen LogP contribution in [-0.2, 0) is 17.5 Å². The topological polar surface area (TPSA) is 121 Å². The maximum Gasteiger partial charge on any atom is 0.419 e. The highest BCUT2D eigenvalue weighted by atomic mass is 32.1. The lowest BCUT2D eigenvalue weighted by atomic mass is 9.97. The molecule has 2 fully saturated rings. The monoisotopic (exact) mass is 608 g/mol. The first-order chi connectivity index (χ1) is 20.0. The first-order valence-corrected chi connectivity index (χ1v) is 14.1. The number of likely N-dealkylation sites (tertiary alicyclic amines) is 1. The van der Waals surface area contributed by atoms with Crippen molar-refractivity contribution in [2.24, 2.45) is 5.92 Å². The molecule has 5 rings (SSSR count). The number of amides is 1. The number of aromatic nitrogens is 3. The van der Waals surface area contributed by atoms with Crippen LogP contribution in [0.2, 0.25) is 0 Å². The lowest BCUT2D eigenvalue weighted by Crippen LogP contribution is -2.36. The third-order valence-corrected chi connectivity index (χ3v) is 8.27. The maximum atomic E-state index is 13.8. The Morgan fingerprint density at radius 1 is 1.14 bits per heavy atom. The summed E-state index contributed by atoms with van der Waals surface area (Å²) in [5.41, 5.74) is -0.528. The molecule has 2 aliphatic heterocycles. The van der Waals surface area contributed by atoms with Crippen molar-refractivity contribution < 1.29 is 37.0 Å². The molecule has 0 spiro atoms. The van der Waals surface area contributed by atoms with Crippen molar-refractivity contribution in [3.05, 3.63) is 46.7 Å². The summed E-state index contributed by atoms with van der Waals surface area (Å²) >= 11 is 1.09. The van der Waals surface area contributed by atoms with E-state index in [2.05, 4.69) is 20.3 Å². The number of nitrogens with one attached hydrogen (secondary N) is 1. The lowest BCUT2D eigenvalue weighted by Gasteiger charge is -2.30. The van der Waals surface area contributed by atoms with Gasteiger partial charge in [-0.1, -0.05) is 11.3 Å². The van der Waals surface area contributed by atoms with E-state index in [9.17, 15) is 32.3 Å². The smallest absolute Gasteiger partial charge is 0.419 e. The second kappa shape index (κ2) is 12.2. The first-order valence-electron chi connectivity index (χ1n) is 13.2. The molecule has 4 heterocycles. The number of aliphatic carboxylic acids is 1. The largest absolute Gasteiger partial charge is 0.496 e. The SMILES string of the molecule is COc1ccc(-c2nc(NC(=O)c3cnc(N4CCC(C(=O)O)CC4)cn3)sc2CN2CC[C@@H](F)C2)cc1C(F)(F)F. The molecule has 15 heteroatoms. The zero-order valence-corrected chi connectivity index (χ0v) is 23.3. The molecule has 2 aromatic heterocycles. The number of carboxylic acids is 1. The summed E-state index contributed by atoms with van der Waals surface area (Å²) in [6.07, 6.45) is -1.58. The van der Waals surface area contributed by atoms with Crippen molar-refractivity contribution in [2.75, 3.05) is 43.5 Å². The molecule has 3 aromatic rings. The van der Waals surface area contributed by atoms with E-state index in [1.165, 1.54) is 24.5 Å². The lowest BCUT2D eigenvalue weighted by molar-refractivity contribution is -0.142. The summed E-state index contributed by atoms with van der Waals surface area (Å²) < 4.78 is 59.9. The van der Waals surface area contributed by atoms with Gasteiger partial charge in [-0.05, 0) is 37.5 Å². The molecule has 1 amide bonds. The zero-order valence-electron chi connectivity index (χ0n) is 22.5. The molecule has 0 bridgehead atoms. The van der Waals surface area contributed by atoms with Gasteiger partial charge in [-0.15, -0.1) is 0 Å². The van der Waals surface area contributed by atoms with Gasteiger partial charge in [-0.3, -0.25) is 19.8 Å². The van der Waals surface area contributed by atoms with Crippen LogP contribution in [0.25, 0.3) is 11.3 Å². The third kappa shape index (κ3) is 6.62. The maximum absolute atomic E-state index is 13.8. The number of piperidine rings is 1. The number of hydrogen-bond donors (Lipinski definition) is 2. The van der Waals surface area contributed by atoms with Crippen LogP contribution in [0.1, 0.15) is 40.2 Å². The number of hydrogen-bond acceptors (Lipinski definition) is 9. The van der Waals surface area contributed by atoms with Gasteiger partial charge in [0.2, 0.25) is 0 Å². The zero-order chi connectivity index (χ0) is 30.0. The fourth-order valence-electron chi connectivity index (χ4n) is 5.07. The Balaban J connectivity index is 1.36. The molecule has 2 saturated heterocycles. The van der Waals surface area contributed by atoms with Crippen LogP contribution < -0.4 is 15.0 Å². The fourth-order valence-corrected chi connectivity index (χ4v) is 6.09. The molecule has 0 unspecified atom stereocenters. The molecule has 2 N–H and O–H groups in total. The molecular formula is C27H28F4N6O4S. The number of alkyl halides is 4. The molecule has 0 aliphatic carbocycles. The highest BCUT2D eigenvalue weighted by Crippen LogP contribution is 2.41. The Morgan fingerprint density at radius 3 is 2.50 bits per heavy atom. The average Bonchev–Trinajstić information content (AvgIpc) is 3.57. The molecule has 10 nitrogen and oxygen atoms in total. The van der Waals surface area contributed by atoms with Gasteiger partial charge < -0.3 is 14.7 Å². The third-order valence-electron chi connectivity index (χ3n) is 7.32. The molecule has 42 heavy (non-hydrogen) atoms. The van der Waals surface area contributed by atoms with Crippen molar-refractivity contribution in [2.45, 2.75) is 38.2 Å². The van der Waals surface area contributed by atoms with E-state index in [-0.39, 0.29) is 40.9 Å². The second-order valence-electron chi connectivity index (χ2n) is 10.1. The molecule has 1 aromatic carbocycles. The number of benzene rings is 1. The minimum Gasteiger partial charge on any atom is -0.496 e. The summed E-state index contributed by atoms with van der Waals surface area (Å²) in [5.74, 6) is -1.63. The summed E-state index contributed by atoms with van der Waals surface area (Å²) in [6, 6.07) is 3.63. The van der Waals surface area contributed by atoms with Crippen LogP contribution in [0.5, 0.6) is 5.75 Å². The van der Waals surface area contributed by atoms with Crippen molar-refractivity contribution in [1.29, 1.82) is 0 Å². The van der Waals surface area contributed by atoms with E-state index < -0.39 is 35.7 Å². The van der Waals surface area contributed by atoms with Gasteiger partial charge in [-0.25, -0.2) is 19.3 Å². The van der Waals surface area contributed by atoms with E-state index in [0.29, 0.717) is 49.6 Å². The van der Waals surface area contributed by atoms with E-state index in [1.54, 1.807) is 0 Å². The van der Waals surface area contributed by atoms with E-state index >= 15 is 0 Å². The number of carboxylic acid groups (broad SMARTS) is 1. The molecule has 1 atom stereocenters.